The highest BCUT2D eigenvalue weighted by atomic mass is 16.6. The number of hydrogen-bond acceptors (Lipinski definition) is 4. The van der Waals surface area contributed by atoms with Gasteiger partial charge in [0.25, 0.3) is 5.69 Å². The van der Waals surface area contributed by atoms with Gasteiger partial charge in [-0.2, -0.15) is 0 Å². The summed E-state index contributed by atoms with van der Waals surface area (Å²) in [6, 6.07) is 5.33. The van der Waals surface area contributed by atoms with E-state index in [4.69, 9.17) is 4.74 Å². The van der Waals surface area contributed by atoms with Gasteiger partial charge < -0.3 is 10.1 Å². The lowest BCUT2D eigenvalue weighted by molar-refractivity contribution is -0.384. The average molecular weight is 264 g/mol. The molecule has 104 valence electrons. The molecule has 2 unspecified atom stereocenters. The van der Waals surface area contributed by atoms with Crippen LogP contribution in [-0.2, 0) is 6.42 Å². The van der Waals surface area contributed by atoms with Crippen LogP contribution in [0.4, 0.5) is 5.69 Å². The van der Waals surface area contributed by atoms with Gasteiger partial charge in [0.15, 0.2) is 0 Å². The monoisotopic (exact) mass is 264 g/mol. The molecule has 1 saturated carbocycles. The van der Waals surface area contributed by atoms with Gasteiger partial charge in [-0.1, -0.05) is 6.42 Å². The first kappa shape index (κ1) is 13.8. The molecule has 0 aliphatic heterocycles. The molecule has 1 N–H and O–H groups in total. The molecule has 0 aromatic heterocycles. The van der Waals surface area contributed by atoms with Gasteiger partial charge >= 0.3 is 0 Å². The second-order valence-corrected chi connectivity index (χ2v) is 5.04. The van der Waals surface area contributed by atoms with E-state index in [2.05, 4.69) is 5.32 Å². The minimum absolute atomic E-state index is 0.134. The van der Waals surface area contributed by atoms with Gasteiger partial charge in [-0.05, 0) is 38.3 Å². The van der Waals surface area contributed by atoms with E-state index in [-0.39, 0.29) is 10.6 Å². The topological polar surface area (TPSA) is 64.4 Å². The van der Waals surface area contributed by atoms with Crippen LogP contribution in [0.15, 0.2) is 18.2 Å². The summed E-state index contributed by atoms with van der Waals surface area (Å²) in [4.78, 5) is 10.5. The zero-order valence-corrected chi connectivity index (χ0v) is 11.4. The SMILES string of the molecule is CNC1CCCC1Cc1cc([N+](=O)[O-])ccc1OC. The van der Waals surface area contributed by atoms with Crippen LogP contribution in [0.25, 0.3) is 0 Å². The van der Waals surface area contributed by atoms with Crippen molar-refractivity contribution in [2.45, 2.75) is 31.7 Å². The van der Waals surface area contributed by atoms with Gasteiger partial charge in [0.2, 0.25) is 0 Å². The second-order valence-electron chi connectivity index (χ2n) is 5.04. The Morgan fingerprint density at radius 3 is 2.89 bits per heavy atom. The Kier molecular flexibility index (Phi) is 4.37. The molecule has 0 radical (unpaired) electrons. The molecule has 0 saturated heterocycles. The number of nitro benzene ring substituents is 1. The van der Waals surface area contributed by atoms with Crippen LogP contribution in [0.5, 0.6) is 5.75 Å². The molecule has 5 nitrogen and oxygen atoms in total. The van der Waals surface area contributed by atoms with Gasteiger partial charge in [0.05, 0.1) is 12.0 Å². The van der Waals surface area contributed by atoms with Gasteiger partial charge in [0, 0.05) is 23.7 Å². The van der Waals surface area contributed by atoms with Crippen LogP contribution in [0.1, 0.15) is 24.8 Å². The lowest BCUT2D eigenvalue weighted by Crippen LogP contribution is -2.30. The van der Waals surface area contributed by atoms with Crippen molar-refractivity contribution in [1.29, 1.82) is 0 Å². The third kappa shape index (κ3) is 3.04. The lowest BCUT2D eigenvalue weighted by Gasteiger charge is -2.20. The standard InChI is InChI=1S/C14H20N2O3/c1-15-13-5-3-4-10(13)8-11-9-12(16(17)18)6-7-14(11)19-2/h6-7,9-10,13,15H,3-5,8H2,1-2H3. The van der Waals surface area contributed by atoms with Crippen LogP contribution in [0.3, 0.4) is 0 Å². The predicted molar refractivity (Wildman–Crippen MR) is 73.5 cm³/mol. The predicted octanol–water partition coefficient (Wildman–Crippen LogP) is 2.53. The zero-order chi connectivity index (χ0) is 13.8. The number of nitro groups is 1. The van der Waals surface area contributed by atoms with E-state index in [1.54, 1.807) is 19.2 Å². The Morgan fingerprint density at radius 2 is 2.26 bits per heavy atom. The number of methoxy groups -OCH3 is 1. The third-order valence-corrected chi connectivity index (χ3v) is 3.99. The highest BCUT2D eigenvalue weighted by Gasteiger charge is 2.27. The minimum atomic E-state index is -0.354. The number of rotatable bonds is 5. The first-order chi connectivity index (χ1) is 9.15. The van der Waals surface area contributed by atoms with Crippen molar-refractivity contribution in [3.63, 3.8) is 0 Å². The molecule has 5 heteroatoms. The molecule has 1 aliphatic rings. The van der Waals surface area contributed by atoms with Crippen molar-refractivity contribution in [3.05, 3.63) is 33.9 Å². The van der Waals surface area contributed by atoms with Crippen LogP contribution in [0, 0.1) is 16.0 Å². The van der Waals surface area contributed by atoms with Crippen molar-refractivity contribution < 1.29 is 9.66 Å². The van der Waals surface area contributed by atoms with E-state index in [1.165, 1.54) is 18.9 Å². The fraction of sp³-hybridized carbons (Fsp3) is 0.571. The van der Waals surface area contributed by atoms with Crippen LogP contribution in [0.2, 0.25) is 0 Å². The van der Waals surface area contributed by atoms with Gasteiger partial charge in [0.1, 0.15) is 5.75 Å². The summed E-state index contributed by atoms with van der Waals surface area (Å²) in [7, 11) is 3.59. The van der Waals surface area contributed by atoms with Crippen LogP contribution >= 0.6 is 0 Å². The summed E-state index contributed by atoms with van der Waals surface area (Å²) < 4.78 is 5.32. The first-order valence-corrected chi connectivity index (χ1v) is 6.64. The van der Waals surface area contributed by atoms with Crippen molar-refractivity contribution in [2.75, 3.05) is 14.2 Å². The molecular formula is C14H20N2O3. The van der Waals surface area contributed by atoms with Crippen LogP contribution < -0.4 is 10.1 Å². The molecule has 0 spiro atoms. The third-order valence-electron chi connectivity index (χ3n) is 3.99. The number of non-ortho nitro benzene ring substituents is 1. The first-order valence-electron chi connectivity index (χ1n) is 6.64. The summed E-state index contributed by atoms with van der Waals surface area (Å²) in [5.41, 5.74) is 1.07. The summed E-state index contributed by atoms with van der Waals surface area (Å²) in [5.74, 6) is 1.27. The number of ether oxygens (including phenoxy) is 1. The molecule has 0 heterocycles. The summed E-state index contributed by atoms with van der Waals surface area (Å²) in [5, 5.41) is 14.2. The molecule has 2 atom stereocenters. The molecule has 19 heavy (non-hydrogen) atoms. The molecule has 0 amide bonds. The molecule has 2 rings (SSSR count). The van der Waals surface area contributed by atoms with E-state index in [1.807, 2.05) is 7.05 Å². The van der Waals surface area contributed by atoms with E-state index in [9.17, 15) is 10.1 Å². The molecule has 1 aromatic rings. The zero-order valence-electron chi connectivity index (χ0n) is 11.4. The normalized spacial score (nSPS) is 22.4. The number of hydrogen-bond donors (Lipinski definition) is 1. The van der Waals surface area contributed by atoms with Gasteiger partial charge in [-0.25, -0.2) is 0 Å². The molecule has 0 bridgehead atoms. The fourth-order valence-electron chi connectivity index (χ4n) is 2.98. The highest BCUT2D eigenvalue weighted by molar-refractivity contribution is 5.44. The maximum Gasteiger partial charge on any atom is 0.269 e. The Morgan fingerprint density at radius 1 is 1.47 bits per heavy atom. The quantitative estimate of drug-likeness (QED) is 0.655. The van der Waals surface area contributed by atoms with Gasteiger partial charge in [-0.15, -0.1) is 0 Å². The van der Waals surface area contributed by atoms with E-state index in [0.29, 0.717) is 12.0 Å². The van der Waals surface area contributed by atoms with Crippen molar-refractivity contribution in [1.82, 2.24) is 5.32 Å². The van der Waals surface area contributed by atoms with Crippen molar-refractivity contribution in [2.24, 2.45) is 5.92 Å². The summed E-state index contributed by atoms with van der Waals surface area (Å²) in [6.45, 7) is 0. The Hall–Kier alpha value is -1.62. The molecule has 1 aliphatic carbocycles. The summed E-state index contributed by atoms with van der Waals surface area (Å²) >= 11 is 0. The highest BCUT2D eigenvalue weighted by Crippen LogP contribution is 2.33. The maximum atomic E-state index is 10.9. The minimum Gasteiger partial charge on any atom is -0.496 e. The fourth-order valence-corrected chi connectivity index (χ4v) is 2.98. The van der Waals surface area contributed by atoms with Gasteiger partial charge in [-0.3, -0.25) is 10.1 Å². The molecular weight excluding hydrogens is 244 g/mol. The van der Waals surface area contributed by atoms with E-state index in [0.717, 1.165) is 24.2 Å². The Labute approximate surface area is 113 Å². The molecule has 1 aromatic carbocycles. The molecule has 1 fully saturated rings. The average Bonchev–Trinajstić information content (AvgIpc) is 2.85. The van der Waals surface area contributed by atoms with Crippen molar-refractivity contribution >= 4 is 5.69 Å². The van der Waals surface area contributed by atoms with E-state index >= 15 is 0 Å². The second kappa shape index (κ2) is 6.02. The van der Waals surface area contributed by atoms with Crippen LogP contribution in [-0.4, -0.2) is 25.1 Å². The van der Waals surface area contributed by atoms with E-state index < -0.39 is 0 Å². The number of nitrogens with one attached hydrogen (secondary N) is 1. The van der Waals surface area contributed by atoms with Crippen molar-refractivity contribution in [3.8, 4) is 5.75 Å². The smallest absolute Gasteiger partial charge is 0.269 e. The number of nitrogens with zero attached hydrogens (tertiary/aromatic N) is 1. The Bertz CT molecular complexity index is 462. The number of benzene rings is 1. The summed E-state index contributed by atoms with van der Waals surface area (Å²) in [6.07, 6.45) is 4.39. The largest absolute Gasteiger partial charge is 0.496 e. The lowest BCUT2D eigenvalue weighted by atomic mass is 9.94. The maximum absolute atomic E-state index is 10.9. The Balaban J connectivity index is 2.22.